The maximum Gasteiger partial charge on any atom is 0.306 e. The fourth-order valence-electron chi connectivity index (χ4n) is 0.801. The molecule has 0 atom stereocenters. The van der Waals surface area contributed by atoms with Crippen LogP contribution in [0.1, 0.15) is 6.42 Å². The first-order chi connectivity index (χ1) is 6.56. The zero-order chi connectivity index (χ0) is 11.0. The average Bonchev–Trinajstić information content (AvgIpc) is 2.13. The molecule has 0 aliphatic rings. The molecule has 80 valence electrons. The van der Waals surface area contributed by atoms with Gasteiger partial charge in [0.1, 0.15) is 0 Å². The molecule has 0 aliphatic heterocycles. The van der Waals surface area contributed by atoms with Crippen LogP contribution >= 0.6 is 11.6 Å². The van der Waals surface area contributed by atoms with Gasteiger partial charge in [0, 0.05) is 13.1 Å². The number of carbonyl (C=O) groups excluding carboxylic acids is 2. The summed E-state index contributed by atoms with van der Waals surface area (Å²) in [6.07, 6.45) is 3.28. The molecule has 0 saturated carbocycles. The molecule has 0 aliphatic carbocycles. The van der Waals surface area contributed by atoms with E-state index in [4.69, 9.17) is 11.6 Å². The molecule has 0 aromatic heterocycles. The number of esters is 1. The molecule has 0 saturated heterocycles. The Morgan fingerprint density at radius 3 is 2.64 bits per heavy atom. The molecule has 0 aromatic rings. The van der Waals surface area contributed by atoms with Crippen molar-refractivity contribution in [2.24, 2.45) is 0 Å². The Morgan fingerprint density at radius 2 is 2.14 bits per heavy atom. The van der Waals surface area contributed by atoms with Gasteiger partial charge in [-0.05, 0) is 24.7 Å². The maximum atomic E-state index is 10.8. The zero-order valence-corrected chi connectivity index (χ0v) is 9.08. The fourth-order valence-corrected chi connectivity index (χ4v) is 0.890. The molecule has 14 heavy (non-hydrogen) atoms. The largest absolute Gasteiger partial charge is 0.469 e. The Bertz CT molecular complexity index is 228. The van der Waals surface area contributed by atoms with Crippen LogP contribution in [-0.2, 0) is 14.3 Å². The van der Waals surface area contributed by atoms with E-state index < -0.39 is 5.24 Å². The maximum absolute atomic E-state index is 10.8. The fraction of sp³-hybridized carbons (Fsp3) is 0.556. The quantitative estimate of drug-likeness (QED) is 0.377. The minimum atomic E-state index is -0.494. The van der Waals surface area contributed by atoms with Crippen LogP contribution < -0.4 is 0 Å². The van der Waals surface area contributed by atoms with E-state index in [0.717, 1.165) is 0 Å². The molecule has 5 heteroatoms. The summed E-state index contributed by atoms with van der Waals surface area (Å²) in [5, 5.41) is -0.494. The van der Waals surface area contributed by atoms with Crippen LogP contribution in [0.3, 0.4) is 0 Å². The minimum absolute atomic E-state index is 0.241. The van der Waals surface area contributed by atoms with Gasteiger partial charge in [-0.25, -0.2) is 0 Å². The molecule has 0 aromatic carbocycles. The zero-order valence-electron chi connectivity index (χ0n) is 8.33. The Kier molecular flexibility index (Phi) is 7.06. The third-order valence-electron chi connectivity index (χ3n) is 1.59. The van der Waals surface area contributed by atoms with Crippen molar-refractivity contribution in [1.29, 1.82) is 0 Å². The van der Waals surface area contributed by atoms with Crippen LogP contribution in [0.25, 0.3) is 0 Å². The van der Waals surface area contributed by atoms with Crippen molar-refractivity contribution in [3.63, 3.8) is 0 Å². The summed E-state index contributed by atoms with van der Waals surface area (Å²) in [7, 11) is 3.19. The number of methoxy groups -OCH3 is 1. The first-order valence-corrected chi connectivity index (χ1v) is 4.55. The summed E-state index contributed by atoms with van der Waals surface area (Å²) >= 11 is 5.09. The minimum Gasteiger partial charge on any atom is -0.469 e. The highest BCUT2D eigenvalue weighted by Gasteiger charge is 2.02. The van der Waals surface area contributed by atoms with Gasteiger partial charge in [-0.3, -0.25) is 9.59 Å². The number of rotatable bonds is 6. The van der Waals surface area contributed by atoms with Gasteiger partial charge in [0.05, 0.1) is 13.5 Å². The van der Waals surface area contributed by atoms with E-state index in [1.165, 1.54) is 13.2 Å². The highest BCUT2D eigenvalue weighted by atomic mass is 35.5. The molecule has 0 radical (unpaired) electrons. The molecular weight excluding hydrogens is 206 g/mol. The third kappa shape index (κ3) is 7.76. The summed E-state index contributed by atoms with van der Waals surface area (Å²) in [6.45, 7) is 1.17. The van der Waals surface area contributed by atoms with Crippen molar-refractivity contribution < 1.29 is 14.3 Å². The van der Waals surface area contributed by atoms with Gasteiger partial charge < -0.3 is 9.64 Å². The lowest BCUT2D eigenvalue weighted by Crippen LogP contribution is -2.22. The summed E-state index contributed by atoms with van der Waals surface area (Å²) in [5.41, 5.74) is 0. The number of carbonyl (C=O) groups is 2. The van der Waals surface area contributed by atoms with Crippen molar-refractivity contribution in [2.75, 3.05) is 27.2 Å². The number of allylic oxidation sites excluding steroid dienone is 1. The lowest BCUT2D eigenvalue weighted by molar-refractivity contribution is -0.140. The molecule has 0 heterocycles. The predicted molar refractivity (Wildman–Crippen MR) is 54.1 cm³/mol. The molecule has 0 rings (SSSR count). The molecule has 0 amide bonds. The third-order valence-corrected chi connectivity index (χ3v) is 1.72. The summed E-state index contributed by atoms with van der Waals surface area (Å²) in [6, 6.07) is 0. The van der Waals surface area contributed by atoms with E-state index in [9.17, 15) is 9.59 Å². The second kappa shape index (κ2) is 7.53. The Morgan fingerprint density at radius 1 is 1.50 bits per heavy atom. The average molecular weight is 220 g/mol. The van der Waals surface area contributed by atoms with E-state index in [2.05, 4.69) is 4.74 Å². The van der Waals surface area contributed by atoms with E-state index in [0.29, 0.717) is 19.5 Å². The molecular formula is C9H14ClNO3. The first-order valence-electron chi connectivity index (χ1n) is 4.17. The molecule has 0 N–H and O–H groups in total. The number of hydrogen-bond donors (Lipinski definition) is 0. The van der Waals surface area contributed by atoms with Gasteiger partial charge >= 0.3 is 5.97 Å². The van der Waals surface area contributed by atoms with Gasteiger partial charge in [0.15, 0.2) is 0 Å². The number of ether oxygens (including phenoxy) is 1. The Balaban J connectivity index is 3.60. The lowest BCUT2D eigenvalue weighted by Gasteiger charge is -2.12. The van der Waals surface area contributed by atoms with Crippen LogP contribution in [-0.4, -0.2) is 43.4 Å². The SMILES string of the molecule is COC(=O)CCN(C)C/C=C/C(=O)Cl. The Labute approximate surface area is 88.5 Å². The van der Waals surface area contributed by atoms with Gasteiger partial charge in [-0.15, -0.1) is 0 Å². The molecule has 4 nitrogen and oxygen atoms in total. The smallest absolute Gasteiger partial charge is 0.306 e. The van der Waals surface area contributed by atoms with Crippen LogP contribution in [0.4, 0.5) is 0 Å². The molecule has 0 fully saturated rings. The van der Waals surface area contributed by atoms with Gasteiger partial charge in [-0.2, -0.15) is 0 Å². The second-order valence-corrected chi connectivity index (χ2v) is 3.17. The van der Waals surface area contributed by atoms with Gasteiger partial charge in [0.25, 0.3) is 0 Å². The molecule has 0 bridgehead atoms. The number of nitrogens with zero attached hydrogens (tertiary/aromatic N) is 1. The van der Waals surface area contributed by atoms with Crippen LogP contribution in [0.2, 0.25) is 0 Å². The van der Waals surface area contributed by atoms with Crippen LogP contribution in [0, 0.1) is 0 Å². The van der Waals surface area contributed by atoms with E-state index in [1.807, 2.05) is 11.9 Å². The van der Waals surface area contributed by atoms with Crippen LogP contribution in [0.15, 0.2) is 12.2 Å². The predicted octanol–water partition coefficient (Wildman–Crippen LogP) is 0.803. The first kappa shape index (κ1) is 13.1. The number of likely N-dealkylation sites (N-methyl/N-ethyl adjacent to an activating group) is 1. The highest BCUT2D eigenvalue weighted by molar-refractivity contribution is 6.66. The van der Waals surface area contributed by atoms with Crippen molar-refractivity contribution in [1.82, 2.24) is 4.90 Å². The topological polar surface area (TPSA) is 46.6 Å². The number of hydrogen-bond acceptors (Lipinski definition) is 4. The lowest BCUT2D eigenvalue weighted by atomic mass is 10.4. The van der Waals surface area contributed by atoms with Crippen molar-refractivity contribution in [2.45, 2.75) is 6.42 Å². The van der Waals surface area contributed by atoms with E-state index in [1.54, 1.807) is 6.08 Å². The van der Waals surface area contributed by atoms with Crippen molar-refractivity contribution >= 4 is 22.8 Å². The second-order valence-electron chi connectivity index (χ2n) is 2.79. The van der Waals surface area contributed by atoms with Crippen molar-refractivity contribution in [3.05, 3.63) is 12.2 Å². The van der Waals surface area contributed by atoms with Crippen LogP contribution in [0.5, 0.6) is 0 Å². The highest BCUT2D eigenvalue weighted by Crippen LogP contribution is 1.91. The van der Waals surface area contributed by atoms with Gasteiger partial charge in [0.2, 0.25) is 5.24 Å². The normalized spacial score (nSPS) is 10.9. The van der Waals surface area contributed by atoms with E-state index in [-0.39, 0.29) is 5.97 Å². The monoisotopic (exact) mass is 219 g/mol. The van der Waals surface area contributed by atoms with Gasteiger partial charge in [-0.1, -0.05) is 6.08 Å². The van der Waals surface area contributed by atoms with Crippen molar-refractivity contribution in [3.8, 4) is 0 Å². The number of halogens is 1. The Hall–Kier alpha value is -0.870. The molecule has 0 unspecified atom stereocenters. The van der Waals surface area contributed by atoms with E-state index >= 15 is 0 Å². The summed E-state index contributed by atoms with van der Waals surface area (Å²) in [5.74, 6) is -0.241. The summed E-state index contributed by atoms with van der Waals surface area (Å²) in [4.78, 5) is 23.0. The summed E-state index contributed by atoms with van der Waals surface area (Å²) < 4.78 is 4.48. The molecule has 0 spiro atoms. The standard InChI is InChI=1S/C9H14ClNO3/c1-11(6-3-4-8(10)12)7-5-9(13)14-2/h3-4H,5-7H2,1-2H3/b4-3+.